The van der Waals surface area contributed by atoms with Crippen LogP contribution < -0.4 is 14.2 Å². The summed E-state index contributed by atoms with van der Waals surface area (Å²) in [6.07, 6.45) is 2.66. The van der Waals surface area contributed by atoms with Crippen LogP contribution in [0.3, 0.4) is 0 Å². The van der Waals surface area contributed by atoms with Gasteiger partial charge in [-0.3, -0.25) is 4.79 Å². The maximum atomic E-state index is 11.5. The molecule has 28 heavy (non-hydrogen) atoms. The Kier molecular flexibility index (Phi) is 5.89. The fourth-order valence-corrected chi connectivity index (χ4v) is 2.85. The van der Waals surface area contributed by atoms with Crippen molar-refractivity contribution in [2.24, 2.45) is 0 Å². The molecule has 1 heterocycles. The van der Waals surface area contributed by atoms with Crippen molar-refractivity contribution >= 4 is 17.1 Å². The van der Waals surface area contributed by atoms with Crippen molar-refractivity contribution in [3.63, 3.8) is 0 Å². The van der Waals surface area contributed by atoms with Crippen LogP contribution in [0.1, 0.15) is 18.1 Å². The summed E-state index contributed by atoms with van der Waals surface area (Å²) < 4.78 is 27.0. The summed E-state index contributed by atoms with van der Waals surface area (Å²) in [5.74, 6) is 1.64. The Labute approximate surface area is 163 Å². The van der Waals surface area contributed by atoms with Crippen molar-refractivity contribution in [3.05, 3.63) is 65.9 Å². The van der Waals surface area contributed by atoms with Gasteiger partial charge in [0.2, 0.25) is 0 Å². The Hall–Kier alpha value is -3.41. The molecule has 0 amide bonds. The fraction of sp³-hybridized carbons (Fsp3) is 0.227. The lowest BCUT2D eigenvalue weighted by Crippen LogP contribution is -2.22. The molecule has 6 heteroatoms. The van der Waals surface area contributed by atoms with Crippen LogP contribution in [-0.4, -0.2) is 33.6 Å². The van der Waals surface area contributed by atoms with E-state index in [-0.39, 0.29) is 0 Å². The van der Waals surface area contributed by atoms with Gasteiger partial charge in [-0.05, 0) is 41.5 Å². The van der Waals surface area contributed by atoms with Crippen LogP contribution in [0.25, 0.3) is 11.1 Å². The van der Waals surface area contributed by atoms with Gasteiger partial charge in [-0.2, -0.15) is 0 Å². The van der Waals surface area contributed by atoms with Gasteiger partial charge in [-0.25, -0.2) is 0 Å². The topological polar surface area (TPSA) is 63.2 Å². The number of rotatable bonds is 6. The minimum Gasteiger partial charge on any atom is -0.497 e. The molecule has 2 aromatic carbocycles. The van der Waals surface area contributed by atoms with Gasteiger partial charge in [0.05, 0.1) is 27.6 Å². The van der Waals surface area contributed by atoms with Crippen LogP contribution in [0, 0.1) is 0 Å². The Morgan fingerprint density at radius 3 is 2.00 bits per heavy atom. The van der Waals surface area contributed by atoms with Gasteiger partial charge >= 0.3 is 5.97 Å². The molecule has 0 N–H and O–H groups in total. The van der Waals surface area contributed by atoms with E-state index < -0.39 is 12.3 Å². The summed E-state index contributed by atoms with van der Waals surface area (Å²) in [5.41, 5.74) is 3.22. The van der Waals surface area contributed by atoms with Crippen molar-refractivity contribution in [2.75, 3.05) is 21.3 Å². The molecule has 1 aliphatic heterocycles. The Morgan fingerprint density at radius 2 is 1.46 bits per heavy atom. The first-order valence-electron chi connectivity index (χ1n) is 8.66. The lowest BCUT2D eigenvalue weighted by molar-refractivity contribution is -0.157. The maximum absolute atomic E-state index is 11.5. The number of carbonyl (C=O) groups is 1. The van der Waals surface area contributed by atoms with Gasteiger partial charge in [0.25, 0.3) is 6.29 Å². The van der Waals surface area contributed by atoms with Gasteiger partial charge in [-0.15, -0.1) is 0 Å². The van der Waals surface area contributed by atoms with Crippen LogP contribution in [0.5, 0.6) is 17.2 Å². The molecule has 0 aliphatic carbocycles. The van der Waals surface area contributed by atoms with Crippen molar-refractivity contribution < 1.29 is 28.5 Å². The third kappa shape index (κ3) is 4.28. The highest BCUT2D eigenvalue weighted by Gasteiger charge is 2.24. The van der Waals surface area contributed by atoms with E-state index in [1.54, 1.807) is 33.7 Å². The molecule has 146 valence electrons. The van der Waals surface area contributed by atoms with Crippen LogP contribution in [-0.2, 0) is 14.3 Å². The Balaban J connectivity index is 2.02. The third-order valence-corrected chi connectivity index (χ3v) is 4.26. The number of benzene rings is 2. The number of hydrogen-bond acceptors (Lipinski definition) is 6. The normalized spacial score (nSPS) is 15.6. The number of methoxy groups -OCH3 is 3. The van der Waals surface area contributed by atoms with E-state index in [1.807, 2.05) is 42.5 Å². The van der Waals surface area contributed by atoms with E-state index in [1.165, 1.54) is 6.92 Å². The summed E-state index contributed by atoms with van der Waals surface area (Å²) in [5, 5.41) is 0. The maximum Gasteiger partial charge on any atom is 0.305 e. The van der Waals surface area contributed by atoms with Crippen molar-refractivity contribution in [3.8, 4) is 17.2 Å². The molecule has 0 aromatic heterocycles. The second-order valence-electron chi connectivity index (χ2n) is 6.08. The van der Waals surface area contributed by atoms with Crippen molar-refractivity contribution in [2.45, 2.75) is 13.2 Å². The average molecular weight is 382 g/mol. The highest BCUT2D eigenvalue weighted by Crippen LogP contribution is 2.35. The monoisotopic (exact) mass is 382 g/mol. The summed E-state index contributed by atoms with van der Waals surface area (Å²) in [4.78, 5) is 11.5. The average Bonchev–Trinajstić information content (AvgIpc) is 2.73. The lowest BCUT2D eigenvalue weighted by atomic mass is 9.97. The summed E-state index contributed by atoms with van der Waals surface area (Å²) in [6, 6.07) is 13.0. The van der Waals surface area contributed by atoms with Gasteiger partial charge in [0.1, 0.15) is 17.2 Å². The van der Waals surface area contributed by atoms with Gasteiger partial charge in [0, 0.05) is 24.1 Å². The molecule has 0 saturated carbocycles. The largest absolute Gasteiger partial charge is 0.497 e. The van der Waals surface area contributed by atoms with E-state index in [9.17, 15) is 4.79 Å². The predicted molar refractivity (Wildman–Crippen MR) is 105 cm³/mol. The molecule has 3 rings (SSSR count). The molecular formula is C22H22O6. The van der Waals surface area contributed by atoms with Crippen molar-refractivity contribution in [1.82, 2.24) is 0 Å². The molecule has 0 saturated heterocycles. The SMILES string of the molecule is COc1ccc(C2=CC(c3cc(OC)cc(OC)c3)=COC2OC(C)=O)cc1. The first-order chi connectivity index (χ1) is 13.5. The van der Waals surface area contributed by atoms with Crippen molar-refractivity contribution in [1.29, 1.82) is 0 Å². The number of esters is 1. The minimum atomic E-state index is -0.831. The quantitative estimate of drug-likeness (QED) is 0.702. The highest BCUT2D eigenvalue weighted by molar-refractivity contribution is 5.87. The summed E-state index contributed by atoms with van der Waals surface area (Å²) in [6.45, 7) is 1.35. The Morgan fingerprint density at radius 1 is 0.857 bits per heavy atom. The molecule has 6 nitrogen and oxygen atoms in total. The van der Waals surface area contributed by atoms with E-state index in [0.29, 0.717) is 11.5 Å². The van der Waals surface area contributed by atoms with E-state index in [2.05, 4.69) is 0 Å². The van der Waals surface area contributed by atoms with Crippen LogP contribution in [0.4, 0.5) is 0 Å². The minimum absolute atomic E-state index is 0.427. The second-order valence-corrected chi connectivity index (χ2v) is 6.08. The van der Waals surface area contributed by atoms with Crippen LogP contribution in [0.15, 0.2) is 54.8 Å². The van der Waals surface area contributed by atoms with E-state index >= 15 is 0 Å². The van der Waals surface area contributed by atoms with Gasteiger partial charge < -0.3 is 23.7 Å². The molecule has 0 radical (unpaired) electrons. The van der Waals surface area contributed by atoms with Crippen LogP contribution in [0.2, 0.25) is 0 Å². The molecule has 0 bridgehead atoms. The second kappa shape index (κ2) is 8.52. The summed E-state index contributed by atoms with van der Waals surface area (Å²) in [7, 11) is 4.80. The highest BCUT2D eigenvalue weighted by atomic mass is 16.7. The first-order valence-corrected chi connectivity index (χ1v) is 8.66. The summed E-state index contributed by atoms with van der Waals surface area (Å²) >= 11 is 0. The zero-order valence-corrected chi connectivity index (χ0v) is 16.2. The molecule has 2 aromatic rings. The number of carbonyl (C=O) groups excluding carboxylic acids is 1. The molecular weight excluding hydrogens is 360 g/mol. The van der Waals surface area contributed by atoms with E-state index in [4.69, 9.17) is 23.7 Å². The lowest BCUT2D eigenvalue weighted by Gasteiger charge is -2.25. The Bertz CT molecular complexity index is 889. The molecule has 1 aliphatic rings. The number of hydrogen-bond donors (Lipinski definition) is 0. The third-order valence-electron chi connectivity index (χ3n) is 4.26. The zero-order valence-electron chi connectivity index (χ0n) is 16.2. The smallest absolute Gasteiger partial charge is 0.305 e. The first kappa shape index (κ1) is 19.4. The van der Waals surface area contributed by atoms with Gasteiger partial charge in [-0.1, -0.05) is 12.1 Å². The standard InChI is InChI=1S/C22H22O6/c1-14(23)28-22-21(15-5-7-18(24-2)8-6-15)11-17(13-27-22)16-9-19(25-3)12-20(10-16)26-4/h5-13,22H,1-4H3. The van der Waals surface area contributed by atoms with Crippen LogP contribution >= 0.6 is 0 Å². The number of allylic oxidation sites excluding steroid dienone is 2. The number of ether oxygens (including phenoxy) is 5. The molecule has 1 atom stereocenters. The van der Waals surface area contributed by atoms with E-state index in [0.717, 1.165) is 28.0 Å². The fourth-order valence-electron chi connectivity index (χ4n) is 2.85. The molecule has 0 spiro atoms. The zero-order chi connectivity index (χ0) is 20.1. The molecule has 0 fully saturated rings. The predicted octanol–water partition coefficient (Wildman–Crippen LogP) is 4.06. The molecule has 1 unspecified atom stereocenters. The van der Waals surface area contributed by atoms with Gasteiger partial charge in [0.15, 0.2) is 0 Å².